The molecular formula is C13H13NO3. The van der Waals surface area contributed by atoms with Crippen LogP contribution in [0.25, 0.3) is 0 Å². The summed E-state index contributed by atoms with van der Waals surface area (Å²) in [6, 6.07) is 7.07. The number of ether oxygens (including phenoxy) is 1. The smallest absolute Gasteiger partial charge is 0.330 e. The van der Waals surface area contributed by atoms with Gasteiger partial charge < -0.3 is 10.1 Å². The van der Waals surface area contributed by atoms with Gasteiger partial charge in [-0.3, -0.25) is 4.79 Å². The van der Waals surface area contributed by atoms with E-state index < -0.39 is 5.97 Å². The molecule has 2 rings (SSSR count). The molecule has 4 nitrogen and oxygen atoms in total. The molecule has 4 heteroatoms. The van der Waals surface area contributed by atoms with Crippen LogP contribution in [0.1, 0.15) is 28.9 Å². The Morgan fingerprint density at radius 3 is 3.00 bits per heavy atom. The number of amides is 1. The number of hydrogen-bond acceptors (Lipinski definition) is 3. The average molecular weight is 231 g/mol. The molecule has 1 aromatic rings. The SMILES string of the molecule is CCOC(=O)/C=C\C1NC(=O)c2ccccc21. The molecule has 1 aliphatic rings. The molecule has 1 aromatic carbocycles. The number of benzene rings is 1. The summed E-state index contributed by atoms with van der Waals surface area (Å²) in [5.74, 6) is -0.509. The lowest BCUT2D eigenvalue weighted by Gasteiger charge is -2.05. The van der Waals surface area contributed by atoms with Crippen molar-refractivity contribution in [2.24, 2.45) is 0 Å². The molecule has 0 bridgehead atoms. The fourth-order valence-corrected chi connectivity index (χ4v) is 1.79. The second-order valence-corrected chi connectivity index (χ2v) is 3.65. The molecule has 1 aliphatic heterocycles. The monoisotopic (exact) mass is 231 g/mol. The van der Waals surface area contributed by atoms with E-state index in [1.165, 1.54) is 6.08 Å². The van der Waals surface area contributed by atoms with Crippen molar-refractivity contribution >= 4 is 11.9 Å². The topological polar surface area (TPSA) is 55.4 Å². The molecule has 0 radical (unpaired) electrons. The molecule has 0 spiro atoms. The Labute approximate surface area is 99.3 Å². The van der Waals surface area contributed by atoms with Gasteiger partial charge in [0.1, 0.15) is 0 Å². The number of hydrogen-bond donors (Lipinski definition) is 1. The molecule has 0 fully saturated rings. The summed E-state index contributed by atoms with van der Waals surface area (Å²) in [6.45, 7) is 2.09. The summed E-state index contributed by atoms with van der Waals surface area (Å²) in [5.41, 5.74) is 1.55. The predicted molar refractivity (Wildman–Crippen MR) is 62.4 cm³/mol. The van der Waals surface area contributed by atoms with E-state index in [0.29, 0.717) is 12.2 Å². The van der Waals surface area contributed by atoms with Crippen LogP contribution in [0.3, 0.4) is 0 Å². The molecule has 0 saturated carbocycles. The number of carbonyl (C=O) groups excluding carboxylic acids is 2. The zero-order valence-electron chi connectivity index (χ0n) is 9.47. The van der Waals surface area contributed by atoms with Crippen molar-refractivity contribution in [1.82, 2.24) is 5.32 Å². The van der Waals surface area contributed by atoms with Crippen LogP contribution < -0.4 is 5.32 Å². The van der Waals surface area contributed by atoms with Crippen molar-refractivity contribution in [1.29, 1.82) is 0 Å². The van der Waals surface area contributed by atoms with Gasteiger partial charge in [-0.2, -0.15) is 0 Å². The van der Waals surface area contributed by atoms with E-state index in [2.05, 4.69) is 5.32 Å². The molecule has 0 aliphatic carbocycles. The van der Waals surface area contributed by atoms with Gasteiger partial charge in [0.2, 0.25) is 0 Å². The molecule has 1 unspecified atom stereocenters. The van der Waals surface area contributed by atoms with Gasteiger partial charge in [0.15, 0.2) is 0 Å². The highest BCUT2D eigenvalue weighted by atomic mass is 16.5. The first-order valence-corrected chi connectivity index (χ1v) is 5.47. The van der Waals surface area contributed by atoms with E-state index >= 15 is 0 Å². The van der Waals surface area contributed by atoms with Gasteiger partial charge in [-0.15, -0.1) is 0 Å². The molecular weight excluding hydrogens is 218 g/mol. The van der Waals surface area contributed by atoms with Gasteiger partial charge in [-0.25, -0.2) is 4.79 Å². The number of rotatable bonds is 3. The van der Waals surface area contributed by atoms with E-state index in [4.69, 9.17) is 4.74 Å². The van der Waals surface area contributed by atoms with Crippen LogP contribution >= 0.6 is 0 Å². The van der Waals surface area contributed by atoms with E-state index in [-0.39, 0.29) is 11.9 Å². The van der Waals surface area contributed by atoms with Gasteiger partial charge >= 0.3 is 5.97 Å². The Morgan fingerprint density at radius 2 is 2.24 bits per heavy atom. The standard InChI is InChI=1S/C13H13NO3/c1-2-17-12(15)8-7-11-9-5-3-4-6-10(9)13(16)14-11/h3-8,11H,2H2,1H3,(H,14,16)/b8-7-. The second kappa shape index (κ2) is 4.82. The predicted octanol–water partition coefficient (Wildman–Crippen LogP) is 1.59. The molecule has 1 heterocycles. The Hall–Kier alpha value is -2.10. The molecule has 17 heavy (non-hydrogen) atoms. The van der Waals surface area contributed by atoms with E-state index in [1.807, 2.05) is 18.2 Å². The van der Waals surface area contributed by atoms with Crippen LogP contribution in [-0.2, 0) is 9.53 Å². The molecule has 0 aromatic heterocycles. The van der Waals surface area contributed by atoms with Gasteiger partial charge in [-0.05, 0) is 18.6 Å². The van der Waals surface area contributed by atoms with Crippen molar-refractivity contribution < 1.29 is 14.3 Å². The highest BCUT2D eigenvalue weighted by Gasteiger charge is 2.25. The minimum Gasteiger partial charge on any atom is -0.463 e. The summed E-state index contributed by atoms with van der Waals surface area (Å²) >= 11 is 0. The first kappa shape index (κ1) is 11.4. The van der Waals surface area contributed by atoms with E-state index in [0.717, 1.165) is 5.56 Å². The van der Waals surface area contributed by atoms with Gasteiger partial charge in [0.25, 0.3) is 5.91 Å². The zero-order valence-corrected chi connectivity index (χ0v) is 9.47. The molecule has 1 atom stereocenters. The van der Waals surface area contributed by atoms with Gasteiger partial charge in [0.05, 0.1) is 12.6 Å². The van der Waals surface area contributed by atoms with Crippen LogP contribution in [0.15, 0.2) is 36.4 Å². The number of fused-ring (bicyclic) bond motifs is 1. The normalized spacial score (nSPS) is 17.9. The fourth-order valence-electron chi connectivity index (χ4n) is 1.79. The van der Waals surface area contributed by atoms with Crippen molar-refractivity contribution in [3.8, 4) is 0 Å². The quantitative estimate of drug-likeness (QED) is 0.635. The van der Waals surface area contributed by atoms with Crippen molar-refractivity contribution in [3.63, 3.8) is 0 Å². The maximum atomic E-state index is 11.6. The number of nitrogens with one attached hydrogen (secondary N) is 1. The summed E-state index contributed by atoms with van der Waals surface area (Å²) < 4.78 is 4.78. The Morgan fingerprint density at radius 1 is 1.47 bits per heavy atom. The summed E-state index contributed by atoms with van der Waals surface area (Å²) in [5, 5.41) is 2.78. The third-order valence-electron chi connectivity index (χ3n) is 2.54. The van der Waals surface area contributed by atoms with Crippen molar-refractivity contribution in [3.05, 3.63) is 47.5 Å². The Balaban J connectivity index is 2.15. The minimum absolute atomic E-state index is 0.112. The van der Waals surface area contributed by atoms with Crippen LogP contribution in [0.2, 0.25) is 0 Å². The molecule has 0 saturated heterocycles. The third kappa shape index (κ3) is 2.36. The Kier molecular flexibility index (Phi) is 3.23. The summed E-state index contributed by atoms with van der Waals surface area (Å²) in [7, 11) is 0. The lowest BCUT2D eigenvalue weighted by atomic mass is 10.0. The van der Waals surface area contributed by atoms with Crippen LogP contribution in [0.5, 0.6) is 0 Å². The maximum Gasteiger partial charge on any atom is 0.330 e. The Bertz CT molecular complexity index is 479. The lowest BCUT2D eigenvalue weighted by molar-refractivity contribution is -0.137. The second-order valence-electron chi connectivity index (χ2n) is 3.65. The molecule has 1 amide bonds. The highest BCUT2D eigenvalue weighted by Crippen LogP contribution is 2.25. The van der Waals surface area contributed by atoms with Crippen LogP contribution in [0, 0.1) is 0 Å². The van der Waals surface area contributed by atoms with Gasteiger partial charge in [0, 0.05) is 11.6 Å². The first-order chi connectivity index (χ1) is 8.22. The van der Waals surface area contributed by atoms with Crippen LogP contribution in [-0.4, -0.2) is 18.5 Å². The molecule has 88 valence electrons. The average Bonchev–Trinajstić information content (AvgIpc) is 2.65. The van der Waals surface area contributed by atoms with Crippen LogP contribution in [0.4, 0.5) is 0 Å². The van der Waals surface area contributed by atoms with Crippen molar-refractivity contribution in [2.75, 3.05) is 6.61 Å². The first-order valence-electron chi connectivity index (χ1n) is 5.47. The van der Waals surface area contributed by atoms with Crippen molar-refractivity contribution in [2.45, 2.75) is 13.0 Å². The third-order valence-corrected chi connectivity index (χ3v) is 2.54. The van der Waals surface area contributed by atoms with E-state index in [1.54, 1.807) is 19.1 Å². The zero-order chi connectivity index (χ0) is 12.3. The maximum absolute atomic E-state index is 11.6. The largest absolute Gasteiger partial charge is 0.463 e. The lowest BCUT2D eigenvalue weighted by Crippen LogP contribution is -2.17. The number of carbonyl (C=O) groups is 2. The van der Waals surface area contributed by atoms with Gasteiger partial charge in [-0.1, -0.05) is 24.3 Å². The minimum atomic E-state index is -0.397. The number of esters is 1. The molecule has 1 N–H and O–H groups in total. The summed E-state index contributed by atoms with van der Waals surface area (Å²) in [4.78, 5) is 22.8. The summed E-state index contributed by atoms with van der Waals surface area (Å²) in [6.07, 6.45) is 2.98. The van der Waals surface area contributed by atoms with E-state index in [9.17, 15) is 9.59 Å². The highest BCUT2D eigenvalue weighted by molar-refractivity contribution is 5.99. The fraction of sp³-hybridized carbons (Fsp3) is 0.231.